The molecule has 0 radical (unpaired) electrons. The van der Waals surface area contributed by atoms with E-state index in [0.717, 1.165) is 0 Å². The molecule has 0 heterocycles. The zero-order valence-electron chi connectivity index (χ0n) is 5.96. The van der Waals surface area contributed by atoms with Crippen molar-refractivity contribution in [1.82, 2.24) is 0 Å². The average Bonchev–Trinajstić information content (AvgIpc) is 1.97. The second kappa shape index (κ2) is 7.54. The topological polar surface area (TPSA) is 0 Å². The van der Waals surface area contributed by atoms with Crippen LogP contribution in [0.5, 0.6) is 0 Å². The van der Waals surface area contributed by atoms with Crippen molar-refractivity contribution in [3.8, 4) is 0 Å². The van der Waals surface area contributed by atoms with Crippen LogP contribution in [0.15, 0.2) is 24.3 Å². The average molecular weight is 301 g/mol. The van der Waals surface area contributed by atoms with Crippen molar-refractivity contribution in [1.29, 1.82) is 0 Å². The molecule has 4 heteroatoms. The summed E-state index contributed by atoms with van der Waals surface area (Å²) < 4.78 is 0. The monoisotopic (exact) mass is 300 g/mol. The van der Waals surface area contributed by atoms with Gasteiger partial charge in [-0.05, 0) is 12.2 Å². The van der Waals surface area contributed by atoms with Crippen molar-refractivity contribution in [2.24, 2.45) is 0 Å². The molecule has 0 saturated carbocycles. The molecule has 0 amide bonds. The first-order valence-electron chi connectivity index (χ1n) is 2.85. The Kier molecular flexibility index (Phi) is 8.15. The molecular formula is C7H9Cl2PPd. The molecule has 11 heavy (non-hydrogen) atoms. The van der Waals surface area contributed by atoms with E-state index in [0.29, 0.717) is 0 Å². The first kappa shape index (κ1) is 11.9. The first-order valence-corrected chi connectivity index (χ1v) is 7.43. The maximum absolute atomic E-state index is 4.81. The van der Waals surface area contributed by atoms with Crippen LogP contribution >= 0.6 is 28.3 Å². The SMILES string of the molecule is Cc1ccc(P)cc1.[Cl][Pd][Cl]. The number of aryl methyl sites for hydroxylation is 1. The Labute approximate surface area is 86.0 Å². The van der Waals surface area contributed by atoms with Gasteiger partial charge in [-0.15, -0.1) is 9.24 Å². The van der Waals surface area contributed by atoms with Crippen LogP contribution < -0.4 is 5.30 Å². The molecular weight excluding hydrogens is 292 g/mol. The van der Waals surface area contributed by atoms with Gasteiger partial charge in [-0.2, -0.15) is 0 Å². The van der Waals surface area contributed by atoms with Gasteiger partial charge in [-0.1, -0.05) is 29.8 Å². The van der Waals surface area contributed by atoms with E-state index >= 15 is 0 Å². The van der Waals surface area contributed by atoms with Crippen LogP contribution in [-0.4, -0.2) is 0 Å². The van der Waals surface area contributed by atoms with Crippen molar-refractivity contribution < 1.29 is 15.9 Å². The van der Waals surface area contributed by atoms with E-state index in [4.69, 9.17) is 19.1 Å². The van der Waals surface area contributed by atoms with Gasteiger partial charge in [-0.3, -0.25) is 0 Å². The molecule has 0 aliphatic carbocycles. The predicted molar refractivity (Wildman–Crippen MR) is 52.2 cm³/mol. The molecule has 0 aliphatic heterocycles. The van der Waals surface area contributed by atoms with E-state index in [1.807, 2.05) is 0 Å². The molecule has 0 aliphatic rings. The Balaban J connectivity index is 0.000000292. The Morgan fingerprint density at radius 1 is 1.18 bits per heavy atom. The van der Waals surface area contributed by atoms with E-state index in [9.17, 15) is 0 Å². The Hall–Kier alpha value is 0.892. The standard InChI is InChI=1S/C7H9P.2ClH.Pd/c1-6-2-4-7(8)5-3-6;;;/h2-5H,8H2,1H3;2*1H;/q;;;+2/p-2. The van der Waals surface area contributed by atoms with Gasteiger partial charge >= 0.3 is 35.0 Å². The van der Waals surface area contributed by atoms with Crippen LogP contribution in [0.1, 0.15) is 5.56 Å². The summed E-state index contributed by atoms with van der Waals surface area (Å²) in [6.07, 6.45) is 0. The third-order valence-electron chi connectivity index (χ3n) is 1.08. The van der Waals surface area contributed by atoms with Gasteiger partial charge in [0.2, 0.25) is 0 Å². The minimum absolute atomic E-state index is 0.106. The zero-order valence-corrected chi connectivity index (χ0v) is 10.2. The van der Waals surface area contributed by atoms with Crippen molar-refractivity contribution in [2.75, 3.05) is 0 Å². The first-order chi connectivity index (χ1) is 5.20. The molecule has 1 unspecified atom stereocenters. The summed E-state index contributed by atoms with van der Waals surface area (Å²) in [5.41, 5.74) is 1.32. The molecule has 0 saturated heterocycles. The second-order valence-electron chi connectivity index (χ2n) is 1.96. The molecule has 1 atom stereocenters. The number of benzene rings is 1. The summed E-state index contributed by atoms with van der Waals surface area (Å²) in [5.74, 6) is 0. The van der Waals surface area contributed by atoms with E-state index in [2.05, 4.69) is 40.4 Å². The second-order valence-corrected chi connectivity index (χ2v) is 4.98. The fraction of sp³-hybridized carbons (Fsp3) is 0.143. The van der Waals surface area contributed by atoms with Crippen molar-refractivity contribution >= 4 is 33.6 Å². The summed E-state index contributed by atoms with van der Waals surface area (Å²) in [6, 6.07) is 8.37. The zero-order chi connectivity index (χ0) is 8.69. The molecule has 1 aromatic rings. The molecule has 66 valence electrons. The molecule has 0 N–H and O–H groups in total. The third-order valence-corrected chi connectivity index (χ3v) is 1.46. The summed E-state index contributed by atoms with van der Waals surface area (Å²) in [6.45, 7) is 2.09. The predicted octanol–water partition coefficient (Wildman–Crippen LogP) is 2.87. The fourth-order valence-corrected chi connectivity index (χ4v) is 0.759. The van der Waals surface area contributed by atoms with Gasteiger partial charge in [0, 0.05) is 0 Å². The van der Waals surface area contributed by atoms with Gasteiger partial charge in [0.05, 0.1) is 0 Å². The summed E-state index contributed by atoms with van der Waals surface area (Å²) in [4.78, 5) is 0. The Morgan fingerprint density at radius 3 is 1.82 bits per heavy atom. The summed E-state index contributed by atoms with van der Waals surface area (Å²) in [7, 11) is 12.3. The molecule has 0 spiro atoms. The van der Waals surface area contributed by atoms with Gasteiger partial charge in [0.1, 0.15) is 0 Å². The quantitative estimate of drug-likeness (QED) is 0.510. The number of hydrogen-bond acceptors (Lipinski definition) is 0. The Bertz CT molecular complexity index is 167. The molecule has 0 nitrogen and oxygen atoms in total. The van der Waals surface area contributed by atoms with Gasteiger partial charge in [0.25, 0.3) is 0 Å². The van der Waals surface area contributed by atoms with Crippen molar-refractivity contribution in [3.63, 3.8) is 0 Å². The van der Waals surface area contributed by atoms with Crippen LogP contribution in [-0.2, 0) is 15.9 Å². The number of hydrogen-bond donors (Lipinski definition) is 0. The molecule has 0 bridgehead atoms. The molecule has 0 aromatic heterocycles. The maximum atomic E-state index is 4.81. The molecule has 0 fully saturated rings. The van der Waals surface area contributed by atoms with Crippen LogP contribution in [0.4, 0.5) is 0 Å². The fourth-order valence-electron chi connectivity index (χ4n) is 0.566. The van der Waals surface area contributed by atoms with Crippen LogP contribution in [0, 0.1) is 6.92 Å². The van der Waals surface area contributed by atoms with Crippen molar-refractivity contribution in [2.45, 2.75) is 6.92 Å². The van der Waals surface area contributed by atoms with Gasteiger partial charge in [-0.25, -0.2) is 0 Å². The van der Waals surface area contributed by atoms with E-state index < -0.39 is 0 Å². The van der Waals surface area contributed by atoms with Crippen LogP contribution in [0.25, 0.3) is 0 Å². The third kappa shape index (κ3) is 7.26. The number of rotatable bonds is 0. The molecule has 1 aromatic carbocycles. The van der Waals surface area contributed by atoms with Crippen LogP contribution in [0.3, 0.4) is 0 Å². The van der Waals surface area contributed by atoms with E-state index in [1.54, 1.807) is 0 Å². The Morgan fingerprint density at radius 2 is 1.55 bits per heavy atom. The summed E-state index contributed by atoms with van der Waals surface area (Å²) >= 11 is -0.106. The normalized spacial score (nSPS) is 8.73. The number of halogens is 2. The van der Waals surface area contributed by atoms with Crippen LogP contribution in [0.2, 0.25) is 0 Å². The van der Waals surface area contributed by atoms with Gasteiger partial charge < -0.3 is 0 Å². The van der Waals surface area contributed by atoms with E-state index in [1.165, 1.54) is 10.9 Å². The molecule has 1 rings (SSSR count). The van der Waals surface area contributed by atoms with Crippen molar-refractivity contribution in [3.05, 3.63) is 29.8 Å². The van der Waals surface area contributed by atoms with E-state index in [-0.39, 0.29) is 15.9 Å². The van der Waals surface area contributed by atoms with Gasteiger partial charge in [0.15, 0.2) is 0 Å². The summed E-state index contributed by atoms with van der Waals surface area (Å²) in [5, 5.41) is 1.25. The minimum atomic E-state index is -0.106.